The summed E-state index contributed by atoms with van der Waals surface area (Å²) in [6, 6.07) is 11.4. The number of nitrogens with zero attached hydrogens (tertiary/aromatic N) is 4. The van der Waals surface area contributed by atoms with E-state index < -0.39 is 16.7 Å². The molecular formula is C19H13ClN4O4S. The number of rotatable bonds is 5. The zero-order valence-electron chi connectivity index (χ0n) is 15.0. The maximum absolute atomic E-state index is 13.1. The van der Waals surface area contributed by atoms with Gasteiger partial charge in [-0.15, -0.1) is 0 Å². The van der Waals surface area contributed by atoms with E-state index in [-0.39, 0.29) is 12.3 Å². The third-order valence-electron chi connectivity index (χ3n) is 4.24. The number of aromatic nitrogens is 2. The van der Waals surface area contributed by atoms with Crippen LogP contribution < -0.4 is 4.90 Å². The number of nitro groups is 1. The number of hydrogen-bond acceptors (Lipinski definition) is 7. The Labute approximate surface area is 173 Å². The average Bonchev–Trinajstić information content (AvgIpc) is 3.37. The summed E-state index contributed by atoms with van der Waals surface area (Å²) in [4.78, 5) is 33.6. The predicted molar refractivity (Wildman–Crippen MR) is 109 cm³/mol. The highest BCUT2D eigenvalue weighted by atomic mass is 35.5. The van der Waals surface area contributed by atoms with Gasteiger partial charge >= 0.3 is 5.88 Å². The highest BCUT2D eigenvalue weighted by Gasteiger charge is 2.27. The smallest absolute Gasteiger partial charge is 0.395 e. The fourth-order valence-electron chi connectivity index (χ4n) is 2.76. The predicted octanol–water partition coefficient (Wildman–Crippen LogP) is 5.00. The molecular weight excluding hydrogens is 416 g/mol. The molecule has 1 aromatic carbocycles. The molecule has 0 saturated heterocycles. The van der Waals surface area contributed by atoms with Crippen LogP contribution in [0.15, 0.2) is 53.1 Å². The lowest BCUT2D eigenvalue weighted by Crippen LogP contribution is -2.30. The Bertz CT molecular complexity index is 1220. The third-order valence-corrected chi connectivity index (χ3v) is 5.69. The molecule has 0 aliphatic rings. The lowest BCUT2D eigenvalue weighted by molar-refractivity contribution is -0.402. The number of carbonyl (C=O) groups excluding carboxylic acids is 1. The Morgan fingerprint density at radius 1 is 1.28 bits per heavy atom. The van der Waals surface area contributed by atoms with Crippen LogP contribution in [0.4, 0.5) is 11.0 Å². The minimum absolute atomic E-state index is 0.126. The van der Waals surface area contributed by atoms with Crippen LogP contribution in [0.1, 0.15) is 21.8 Å². The number of thiazole rings is 1. The van der Waals surface area contributed by atoms with E-state index in [2.05, 4.69) is 9.97 Å². The van der Waals surface area contributed by atoms with Crippen molar-refractivity contribution in [2.24, 2.45) is 0 Å². The van der Waals surface area contributed by atoms with E-state index >= 15 is 0 Å². The molecule has 0 radical (unpaired) electrons. The zero-order valence-corrected chi connectivity index (χ0v) is 16.6. The van der Waals surface area contributed by atoms with Crippen molar-refractivity contribution in [1.82, 2.24) is 9.97 Å². The number of hydrogen-bond donors (Lipinski definition) is 0. The van der Waals surface area contributed by atoms with Gasteiger partial charge in [0.15, 0.2) is 10.9 Å². The van der Waals surface area contributed by atoms with E-state index in [0.29, 0.717) is 21.4 Å². The van der Waals surface area contributed by atoms with Gasteiger partial charge in [-0.3, -0.25) is 24.8 Å². The standard InChI is InChI=1S/C19H13ClN4O4S/c1-11-13(20)5-7-15-17(11)22-19(29-15)23(10-12-4-2-3-9-21-12)18(25)14-6-8-16(28-14)24(26)27/h2-9H,10H2,1H3. The van der Waals surface area contributed by atoms with E-state index in [4.69, 9.17) is 16.0 Å². The van der Waals surface area contributed by atoms with Gasteiger partial charge in [0.1, 0.15) is 4.92 Å². The van der Waals surface area contributed by atoms with Gasteiger partial charge in [0, 0.05) is 11.2 Å². The molecule has 0 aliphatic heterocycles. The minimum atomic E-state index is -0.692. The number of carbonyl (C=O) groups is 1. The zero-order chi connectivity index (χ0) is 20.5. The molecule has 0 bridgehead atoms. The molecule has 4 rings (SSSR count). The molecule has 0 N–H and O–H groups in total. The molecule has 0 saturated carbocycles. The molecule has 29 heavy (non-hydrogen) atoms. The summed E-state index contributed by atoms with van der Waals surface area (Å²) in [6.07, 6.45) is 1.62. The third kappa shape index (κ3) is 3.69. The van der Waals surface area contributed by atoms with E-state index in [1.807, 2.05) is 19.1 Å². The molecule has 0 fully saturated rings. The summed E-state index contributed by atoms with van der Waals surface area (Å²) in [5.41, 5.74) is 2.14. The number of halogens is 1. The van der Waals surface area contributed by atoms with E-state index in [1.54, 1.807) is 24.4 Å². The molecule has 3 heterocycles. The quantitative estimate of drug-likeness (QED) is 0.327. The first-order valence-corrected chi connectivity index (χ1v) is 9.65. The summed E-state index contributed by atoms with van der Waals surface area (Å²) in [6.45, 7) is 1.98. The van der Waals surface area contributed by atoms with Crippen LogP contribution in [-0.4, -0.2) is 20.8 Å². The number of amides is 1. The SMILES string of the molecule is Cc1c(Cl)ccc2sc(N(Cc3ccccn3)C(=O)c3ccc([N+](=O)[O-])o3)nc12. The van der Waals surface area contributed by atoms with Crippen LogP contribution in [0.25, 0.3) is 10.2 Å². The van der Waals surface area contributed by atoms with Gasteiger partial charge in [0.05, 0.1) is 28.5 Å². The van der Waals surface area contributed by atoms with Gasteiger partial charge in [-0.05, 0) is 42.8 Å². The van der Waals surface area contributed by atoms with Gasteiger partial charge < -0.3 is 4.42 Å². The van der Waals surface area contributed by atoms with Crippen molar-refractivity contribution in [3.05, 3.63) is 80.8 Å². The molecule has 3 aromatic heterocycles. The lowest BCUT2D eigenvalue weighted by Gasteiger charge is -2.18. The minimum Gasteiger partial charge on any atom is -0.395 e. The fraction of sp³-hybridized carbons (Fsp3) is 0.105. The van der Waals surface area contributed by atoms with Crippen LogP contribution in [0, 0.1) is 17.0 Å². The maximum Gasteiger partial charge on any atom is 0.433 e. The summed E-state index contributed by atoms with van der Waals surface area (Å²) >= 11 is 7.51. The highest BCUT2D eigenvalue weighted by Crippen LogP contribution is 2.35. The molecule has 0 atom stereocenters. The first-order chi connectivity index (χ1) is 13.9. The highest BCUT2D eigenvalue weighted by molar-refractivity contribution is 7.22. The Kier molecular flexibility index (Phi) is 4.99. The Morgan fingerprint density at radius 3 is 2.79 bits per heavy atom. The second kappa shape index (κ2) is 7.61. The number of pyridine rings is 1. The van der Waals surface area contributed by atoms with Crippen molar-refractivity contribution in [2.75, 3.05) is 4.90 Å². The molecule has 10 heteroatoms. The monoisotopic (exact) mass is 428 g/mol. The van der Waals surface area contributed by atoms with Crippen molar-refractivity contribution in [3.63, 3.8) is 0 Å². The van der Waals surface area contributed by atoms with E-state index in [1.165, 1.54) is 22.3 Å². The number of benzene rings is 1. The summed E-state index contributed by atoms with van der Waals surface area (Å²) in [7, 11) is 0. The number of anilines is 1. The van der Waals surface area contributed by atoms with Gasteiger partial charge in [-0.25, -0.2) is 4.98 Å². The summed E-state index contributed by atoms with van der Waals surface area (Å²) in [5, 5.41) is 11.9. The Hall–Kier alpha value is -3.30. The van der Waals surface area contributed by atoms with Crippen molar-refractivity contribution >= 4 is 50.1 Å². The molecule has 0 unspecified atom stereocenters. The molecule has 8 nitrogen and oxygen atoms in total. The molecule has 0 spiro atoms. The van der Waals surface area contributed by atoms with Crippen LogP contribution in [-0.2, 0) is 6.54 Å². The van der Waals surface area contributed by atoms with Crippen molar-refractivity contribution in [1.29, 1.82) is 0 Å². The normalized spacial score (nSPS) is 11.0. The molecule has 1 amide bonds. The Balaban J connectivity index is 1.78. The van der Waals surface area contributed by atoms with Crippen molar-refractivity contribution in [2.45, 2.75) is 13.5 Å². The molecule has 0 aliphatic carbocycles. The molecule has 146 valence electrons. The second-order valence-corrected chi connectivity index (χ2v) is 7.54. The summed E-state index contributed by atoms with van der Waals surface area (Å²) < 4.78 is 5.98. The maximum atomic E-state index is 13.1. The average molecular weight is 429 g/mol. The largest absolute Gasteiger partial charge is 0.433 e. The first-order valence-electron chi connectivity index (χ1n) is 8.45. The van der Waals surface area contributed by atoms with Crippen molar-refractivity contribution < 1.29 is 14.1 Å². The number of aryl methyl sites for hydroxylation is 1. The van der Waals surface area contributed by atoms with Crippen LogP contribution in [0.2, 0.25) is 5.02 Å². The fourth-order valence-corrected chi connectivity index (χ4v) is 3.93. The van der Waals surface area contributed by atoms with E-state index in [9.17, 15) is 14.9 Å². The summed E-state index contributed by atoms with van der Waals surface area (Å²) in [5.74, 6) is -1.20. The van der Waals surface area contributed by atoms with E-state index in [0.717, 1.165) is 16.3 Å². The Morgan fingerprint density at radius 2 is 2.10 bits per heavy atom. The second-order valence-electron chi connectivity index (χ2n) is 6.12. The van der Waals surface area contributed by atoms with Crippen LogP contribution in [0.5, 0.6) is 0 Å². The topological polar surface area (TPSA) is 102 Å². The van der Waals surface area contributed by atoms with Gasteiger partial charge in [-0.2, -0.15) is 0 Å². The van der Waals surface area contributed by atoms with Gasteiger partial charge in [-0.1, -0.05) is 29.0 Å². The molecule has 4 aromatic rings. The number of fused-ring (bicyclic) bond motifs is 1. The van der Waals surface area contributed by atoms with Crippen LogP contribution in [0.3, 0.4) is 0 Å². The van der Waals surface area contributed by atoms with Gasteiger partial charge in [0.2, 0.25) is 0 Å². The first kappa shape index (κ1) is 19.0. The van der Waals surface area contributed by atoms with Gasteiger partial charge in [0.25, 0.3) is 5.91 Å². The lowest BCUT2D eigenvalue weighted by atomic mass is 10.2. The van der Waals surface area contributed by atoms with Crippen LogP contribution >= 0.6 is 22.9 Å². The number of furan rings is 1. The van der Waals surface area contributed by atoms with Crippen molar-refractivity contribution in [3.8, 4) is 0 Å².